The van der Waals surface area contributed by atoms with E-state index in [2.05, 4.69) is 57.4 Å². The van der Waals surface area contributed by atoms with E-state index in [-0.39, 0.29) is 11.8 Å². The van der Waals surface area contributed by atoms with Crippen molar-refractivity contribution in [3.05, 3.63) is 35.9 Å². The summed E-state index contributed by atoms with van der Waals surface area (Å²) in [7, 11) is 1.90. The van der Waals surface area contributed by atoms with Crippen molar-refractivity contribution in [2.75, 3.05) is 46.3 Å². The fraction of sp³-hybridized carbons (Fsp3) is 0.680. The minimum Gasteiger partial charge on any atom is -0.369 e. The summed E-state index contributed by atoms with van der Waals surface area (Å²) >= 11 is 0. The topological polar surface area (TPSA) is 74.0 Å². The molecule has 0 saturated carbocycles. The van der Waals surface area contributed by atoms with Gasteiger partial charge in [-0.3, -0.25) is 9.79 Å². The summed E-state index contributed by atoms with van der Waals surface area (Å²) in [5, 5.41) is 3.59. The van der Waals surface area contributed by atoms with Gasteiger partial charge in [-0.2, -0.15) is 0 Å². The first-order chi connectivity index (χ1) is 15.1. The predicted molar refractivity (Wildman–Crippen MR) is 128 cm³/mol. The average molecular weight is 428 g/mol. The SMILES string of the molecule is CCC1CN(C(=NC)NCCCCN2CCC(C(N)=O)CC2)CCC1c1ccccc1. The van der Waals surface area contributed by atoms with E-state index in [4.69, 9.17) is 5.73 Å². The Kier molecular flexibility index (Phi) is 9.19. The maximum absolute atomic E-state index is 11.3. The fourth-order valence-electron chi connectivity index (χ4n) is 5.21. The maximum atomic E-state index is 11.3. The van der Waals surface area contributed by atoms with Crippen molar-refractivity contribution in [1.82, 2.24) is 15.1 Å². The molecule has 2 aliphatic heterocycles. The van der Waals surface area contributed by atoms with Crippen LogP contribution in [-0.2, 0) is 4.79 Å². The molecule has 6 heteroatoms. The molecular weight excluding hydrogens is 386 g/mol. The number of unbranched alkanes of at least 4 members (excludes halogenated alkanes) is 1. The van der Waals surface area contributed by atoms with Crippen LogP contribution in [0.25, 0.3) is 0 Å². The van der Waals surface area contributed by atoms with Gasteiger partial charge in [0.2, 0.25) is 5.91 Å². The van der Waals surface area contributed by atoms with Crippen molar-refractivity contribution >= 4 is 11.9 Å². The number of guanidine groups is 1. The van der Waals surface area contributed by atoms with Gasteiger partial charge < -0.3 is 20.9 Å². The molecule has 1 aromatic rings. The normalized spacial score (nSPS) is 23.7. The molecule has 2 heterocycles. The number of likely N-dealkylation sites (tertiary alicyclic amines) is 2. The smallest absolute Gasteiger partial charge is 0.220 e. The highest BCUT2D eigenvalue weighted by Crippen LogP contribution is 2.34. The highest BCUT2D eigenvalue weighted by molar-refractivity contribution is 5.80. The number of carbonyl (C=O) groups is 1. The summed E-state index contributed by atoms with van der Waals surface area (Å²) in [6.45, 7) is 8.50. The van der Waals surface area contributed by atoms with Gasteiger partial charge in [0, 0.05) is 32.6 Å². The van der Waals surface area contributed by atoms with Crippen molar-refractivity contribution < 1.29 is 4.79 Å². The third-order valence-corrected chi connectivity index (χ3v) is 7.17. The molecule has 1 amide bonds. The number of carbonyl (C=O) groups excluding carboxylic acids is 1. The molecule has 6 nitrogen and oxygen atoms in total. The minimum atomic E-state index is -0.131. The zero-order valence-electron chi connectivity index (χ0n) is 19.4. The Labute approximate surface area is 188 Å². The van der Waals surface area contributed by atoms with Crippen LogP contribution in [0.1, 0.15) is 56.9 Å². The molecule has 0 aromatic heterocycles. The van der Waals surface area contributed by atoms with Crippen LogP contribution in [0, 0.1) is 11.8 Å². The number of hydrogen-bond donors (Lipinski definition) is 2. The van der Waals surface area contributed by atoms with Crippen LogP contribution < -0.4 is 11.1 Å². The molecule has 1 aromatic carbocycles. The number of rotatable bonds is 8. The van der Waals surface area contributed by atoms with Crippen LogP contribution >= 0.6 is 0 Å². The summed E-state index contributed by atoms with van der Waals surface area (Å²) < 4.78 is 0. The molecule has 2 unspecified atom stereocenters. The number of benzene rings is 1. The van der Waals surface area contributed by atoms with E-state index in [0.29, 0.717) is 11.8 Å². The minimum absolute atomic E-state index is 0.0826. The lowest BCUT2D eigenvalue weighted by Gasteiger charge is -2.40. The highest BCUT2D eigenvalue weighted by atomic mass is 16.1. The molecule has 0 bridgehead atoms. The van der Waals surface area contributed by atoms with Gasteiger partial charge in [0.15, 0.2) is 5.96 Å². The first-order valence-corrected chi connectivity index (χ1v) is 12.1. The van der Waals surface area contributed by atoms with Gasteiger partial charge in [-0.05, 0) is 69.1 Å². The molecule has 2 saturated heterocycles. The Morgan fingerprint density at radius 3 is 2.52 bits per heavy atom. The standard InChI is InChI=1S/C25H41N5O/c1-3-20-19-30(18-13-23(20)21-9-5-4-6-10-21)25(27-2)28-14-7-8-15-29-16-11-22(12-17-29)24(26)31/h4-6,9-10,20,22-23H,3,7-8,11-19H2,1-2H3,(H2,26,31)(H,27,28). The molecule has 3 rings (SSSR count). The van der Waals surface area contributed by atoms with Gasteiger partial charge in [-0.15, -0.1) is 0 Å². The van der Waals surface area contributed by atoms with E-state index < -0.39 is 0 Å². The van der Waals surface area contributed by atoms with Gasteiger partial charge in [-0.25, -0.2) is 0 Å². The summed E-state index contributed by atoms with van der Waals surface area (Å²) in [5.41, 5.74) is 6.91. The molecule has 2 fully saturated rings. The summed E-state index contributed by atoms with van der Waals surface area (Å²) in [4.78, 5) is 20.8. The van der Waals surface area contributed by atoms with Crippen LogP contribution in [0.5, 0.6) is 0 Å². The highest BCUT2D eigenvalue weighted by Gasteiger charge is 2.30. The number of nitrogens with two attached hydrogens (primary N) is 1. The Bertz CT molecular complexity index is 699. The fourth-order valence-corrected chi connectivity index (χ4v) is 5.21. The van der Waals surface area contributed by atoms with E-state index in [1.54, 1.807) is 0 Å². The van der Waals surface area contributed by atoms with E-state index in [1.165, 1.54) is 24.8 Å². The molecular formula is C25H41N5O. The molecule has 3 N–H and O–H groups in total. The van der Waals surface area contributed by atoms with Crippen molar-refractivity contribution in [2.45, 2.75) is 51.4 Å². The number of hydrogen-bond acceptors (Lipinski definition) is 3. The lowest BCUT2D eigenvalue weighted by atomic mass is 9.79. The molecule has 0 radical (unpaired) electrons. The molecule has 31 heavy (non-hydrogen) atoms. The van der Waals surface area contributed by atoms with Gasteiger partial charge in [0.25, 0.3) is 0 Å². The lowest BCUT2D eigenvalue weighted by molar-refractivity contribution is -0.123. The molecule has 2 atom stereocenters. The number of amides is 1. The number of piperidine rings is 2. The van der Waals surface area contributed by atoms with E-state index in [1.807, 2.05) is 7.05 Å². The summed E-state index contributed by atoms with van der Waals surface area (Å²) in [6, 6.07) is 11.0. The average Bonchev–Trinajstić information content (AvgIpc) is 2.82. The van der Waals surface area contributed by atoms with Gasteiger partial charge >= 0.3 is 0 Å². The molecule has 0 aliphatic carbocycles. The lowest BCUT2D eigenvalue weighted by Crippen LogP contribution is -2.48. The number of nitrogens with one attached hydrogen (secondary N) is 1. The largest absolute Gasteiger partial charge is 0.369 e. The van der Waals surface area contributed by atoms with Crippen molar-refractivity contribution in [2.24, 2.45) is 22.6 Å². The number of aliphatic imine (C=N–C) groups is 1. The summed E-state index contributed by atoms with van der Waals surface area (Å²) in [6.07, 6.45) is 6.50. The van der Waals surface area contributed by atoms with Crippen LogP contribution in [0.3, 0.4) is 0 Å². The first kappa shape index (κ1) is 23.6. The first-order valence-electron chi connectivity index (χ1n) is 12.1. The van der Waals surface area contributed by atoms with Crippen molar-refractivity contribution in [3.63, 3.8) is 0 Å². The van der Waals surface area contributed by atoms with E-state index in [0.717, 1.165) is 64.5 Å². The summed E-state index contributed by atoms with van der Waals surface area (Å²) in [5.74, 6) is 2.32. The van der Waals surface area contributed by atoms with Crippen molar-refractivity contribution in [3.8, 4) is 0 Å². The van der Waals surface area contributed by atoms with Crippen LogP contribution in [-0.4, -0.2) is 68.0 Å². The Morgan fingerprint density at radius 2 is 1.87 bits per heavy atom. The Balaban J connectivity index is 1.37. The van der Waals surface area contributed by atoms with Gasteiger partial charge in [0.1, 0.15) is 0 Å². The van der Waals surface area contributed by atoms with Gasteiger partial charge in [-0.1, -0.05) is 43.7 Å². The molecule has 2 aliphatic rings. The molecule has 0 spiro atoms. The number of primary amides is 1. The third kappa shape index (κ3) is 6.70. The maximum Gasteiger partial charge on any atom is 0.220 e. The monoisotopic (exact) mass is 427 g/mol. The quantitative estimate of drug-likeness (QED) is 0.380. The molecule has 172 valence electrons. The second-order valence-electron chi connectivity index (χ2n) is 9.12. The zero-order valence-corrected chi connectivity index (χ0v) is 19.4. The van der Waals surface area contributed by atoms with Crippen LogP contribution in [0.4, 0.5) is 0 Å². The van der Waals surface area contributed by atoms with Gasteiger partial charge in [0.05, 0.1) is 0 Å². The van der Waals surface area contributed by atoms with E-state index in [9.17, 15) is 4.79 Å². The zero-order chi connectivity index (χ0) is 22.1. The van der Waals surface area contributed by atoms with E-state index >= 15 is 0 Å². The number of nitrogens with zero attached hydrogens (tertiary/aromatic N) is 3. The second kappa shape index (κ2) is 12.1. The third-order valence-electron chi connectivity index (χ3n) is 7.17. The predicted octanol–water partition coefficient (Wildman–Crippen LogP) is 3.06. The Hall–Kier alpha value is -2.08. The van der Waals surface area contributed by atoms with Crippen LogP contribution in [0.15, 0.2) is 35.3 Å². The van der Waals surface area contributed by atoms with Crippen molar-refractivity contribution in [1.29, 1.82) is 0 Å². The second-order valence-corrected chi connectivity index (χ2v) is 9.12. The van der Waals surface area contributed by atoms with Crippen LogP contribution in [0.2, 0.25) is 0 Å². The Morgan fingerprint density at radius 1 is 1.13 bits per heavy atom.